The zero-order chi connectivity index (χ0) is 33.8. The summed E-state index contributed by atoms with van der Waals surface area (Å²) in [6, 6.07) is 57.7. The van der Waals surface area contributed by atoms with Gasteiger partial charge in [0.25, 0.3) is 0 Å². The second kappa shape index (κ2) is 11.4. The van der Waals surface area contributed by atoms with Crippen molar-refractivity contribution in [3.05, 3.63) is 168 Å². The minimum Gasteiger partial charge on any atom is -0.309 e. The Balaban J connectivity index is 1.21. The summed E-state index contributed by atoms with van der Waals surface area (Å²) in [6.45, 7) is 0. The maximum Gasteiger partial charge on any atom is 0.0998 e. The molecular formula is C45H25N5. The highest BCUT2D eigenvalue weighted by atomic mass is 15.0. The van der Waals surface area contributed by atoms with Gasteiger partial charge in [-0.15, -0.1) is 0 Å². The molecule has 9 rings (SSSR count). The van der Waals surface area contributed by atoms with Crippen LogP contribution in [0, 0.1) is 34.0 Å². The molecule has 2 heterocycles. The molecule has 7 aromatic carbocycles. The number of hydrogen-bond donors (Lipinski definition) is 0. The lowest BCUT2D eigenvalue weighted by atomic mass is 9.93. The van der Waals surface area contributed by atoms with Crippen LogP contribution in [-0.2, 0) is 0 Å². The first kappa shape index (κ1) is 28.8. The zero-order valence-electron chi connectivity index (χ0n) is 26.7. The molecule has 0 aliphatic heterocycles. The lowest BCUT2D eigenvalue weighted by Gasteiger charge is -2.16. The van der Waals surface area contributed by atoms with E-state index in [0.717, 1.165) is 66.5 Å². The van der Waals surface area contributed by atoms with E-state index in [2.05, 4.69) is 100 Å². The predicted octanol–water partition coefficient (Wildman–Crippen LogP) is 10.8. The molecule has 0 radical (unpaired) electrons. The van der Waals surface area contributed by atoms with E-state index in [4.69, 9.17) is 0 Å². The third-order valence-electron chi connectivity index (χ3n) is 9.61. The second-order valence-electron chi connectivity index (χ2n) is 12.3. The Kier molecular flexibility index (Phi) is 6.56. The Morgan fingerprint density at radius 2 is 0.960 bits per heavy atom. The van der Waals surface area contributed by atoms with E-state index in [1.807, 2.05) is 78.9 Å². The summed E-state index contributed by atoms with van der Waals surface area (Å²) in [5, 5.41) is 34.5. The van der Waals surface area contributed by atoms with Crippen molar-refractivity contribution in [2.45, 2.75) is 0 Å². The minimum atomic E-state index is 0.526. The van der Waals surface area contributed by atoms with Crippen LogP contribution in [0.3, 0.4) is 0 Å². The van der Waals surface area contributed by atoms with Crippen molar-refractivity contribution < 1.29 is 0 Å². The van der Waals surface area contributed by atoms with Crippen LogP contribution < -0.4 is 0 Å². The normalized spacial score (nSPS) is 11.1. The highest BCUT2D eigenvalue weighted by Gasteiger charge is 2.18. The summed E-state index contributed by atoms with van der Waals surface area (Å²) in [7, 11) is 0. The summed E-state index contributed by atoms with van der Waals surface area (Å²) in [5.41, 5.74) is 11.2. The van der Waals surface area contributed by atoms with Gasteiger partial charge in [0.2, 0.25) is 0 Å². The van der Waals surface area contributed by atoms with E-state index >= 15 is 0 Å². The van der Waals surface area contributed by atoms with Crippen molar-refractivity contribution in [1.29, 1.82) is 15.8 Å². The molecule has 50 heavy (non-hydrogen) atoms. The molecular weight excluding hydrogens is 611 g/mol. The van der Waals surface area contributed by atoms with E-state index in [1.54, 1.807) is 0 Å². The van der Waals surface area contributed by atoms with Crippen molar-refractivity contribution in [1.82, 2.24) is 9.13 Å². The molecule has 0 saturated heterocycles. The Morgan fingerprint density at radius 1 is 0.380 bits per heavy atom. The molecule has 5 heteroatoms. The maximum atomic E-state index is 10.5. The molecule has 230 valence electrons. The predicted molar refractivity (Wildman–Crippen MR) is 200 cm³/mol. The van der Waals surface area contributed by atoms with Gasteiger partial charge >= 0.3 is 0 Å². The van der Waals surface area contributed by atoms with Crippen molar-refractivity contribution in [3.8, 4) is 51.8 Å². The molecule has 0 aliphatic rings. The molecule has 0 spiro atoms. The van der Waals surface area contributed by atoms with Gasteiger partial charge in [0.05, 0.1) is 62.7 Å². The van der Waals surface area contributed by atoms with Crippen molar-refractivity contribution in [2.24, 2.45) is 0 Å². The van der Waals surface area contributed by atoms with Crippen molar-refractivity contribution in [2.75, 3.05) is 0 Å². The van der Waals surface area contributed by atoms with E-state index < -0.39 is 0 Å². The Morgan fingerprint density at radius 3 is 1.64 bits per heavy atom. The van der Waals surface area contributed by atoms with Gasteiger partial charge in [-0.3, -0.25) is 0 Å². The number of fused-ring (bicyclic) bond motifs is 6. The molecule has 0 aliphatic carbocycles. The van der Waals surface area contributed by atoms with Gasteiger partial charge in [0.15, 0.2) is 0 Å². The lowest BCUT2D eigenvalue weighted by molar-refractivity contribution is 1.18. The largest absolute Gasteiger partial charge is 0.309 e. The number of nitriles is 3. The first-order chi connectivity index (χ1) is 24.7. The number of rotatable bonds is 4. The van der Waals surface area contributed by atoms with Crippen LogP contribution in [0.4, 0.5) is 0 Å². The van der Waals surface area contributed by atoms with Crippen molar-refractivity contribution in [3.63, 3.8) is 0 Å². The highest BCUT2D eigenvalue weighted by molar-refractivity contribution is 6.11. The van der Waals surface area contributed by atoms with E-state index in [-0.39, 0.29) is 0 Å². The van der Waals surface area contributed by atoms with Gasteiger partial charge < -0.3 is 9.13 Å². The fraction of sp³-hybridized carbons (Fsp3) is 0. The lowest BCUT2D eigenvalue weighted by Crippen LogP contribution is -1.99. The van der Waals surface area contributed by atoms with Crippen molar-refractivity contribution >= 4 is 43.6 Å². The standard InChI is InChI=1S/C45H25N5/c46-26-29-16-20-44(50-43-15-6-3-12-38(43)40-23-30(27-47)17-21-45(40)50)39(22-29)32-18-19-35(33(24-32)28-48)31-8-7-9-34(25-31)49-41-13-4-1-10-36(41)37-11-2-5-14-42(37)49/h1-25H. The smallest absolute Gasteiger partial charge is 0.0998 e. The number of para-hydroxylation sites is 3. The van der Waals surface area contributed by atoms with Gasteiger partial charge in [0, 0.05) is 32.8 Å². The molecule has 9 aromatic rings. The summed E-state index contributed by atoms with van der Waals surface area (Å²) >= 11 is 0. The first-order valence-electron chi connectivity index (χ1n) is 16.3. The average molecular weight is 636 g/mol. The summed E-state index contributed by atoms with van der Waals surface area (Å²) in [4.78, 5) is 0. The zero-order valence-corrected chi connectivity index (χ0v) is 26.7. The molecule has 0 fully saturated rings. The monoisotopic (exact) mass is 635 g/mol. The second-order valence-corrected chi connectivity index (χ2v) is 12.3. The quantitative estimate of drug-likeness (QED) is 0.193. The molecule has 5 nitrogen and oxygen atoms in total. The average Bonchev–Trinajstić information content (AvgIpc) is 3.70. The fourth-order valence-electron chi connectivity index (χ4n) is 7.40. The minimum absolute atomic E-state index is 0.526. The summed E-state index contributed by atoms with van der Waals surface area (Å²) < 4.78 is 4.46. The number of hydrogen-bond acceptors (Lipinski definition) is 3. The number of benzene rings is 7. The molecule has 0 bridgehead atoms. The third kappa shape index (κ3) is 4.38. The van der Waals surface area contributed by atoms with Crippen LogP contribution >= 0.6 is 0 Å². The molecule has 0 amide bonds. The van der Waals surface area contributed by atoms with Crippen LogP contribution in [0.15, 0.2) is 152 Å². The summed E-state index contributed by atoms with van der Waals surface area (Å²) in [6.07, 6.45) is 0. The molecule has 0 saturated carbocycles. The summed E-state index contributed by atoms with van der Waals surface area (Å²) in [5.74, 6) is 0. The van der Waals surface area contributed by atoms with Gasteiger partial charge in [-0.05, 0) is 89.5 Å². The van der Waals surface area contributed by atoms with E-state index in [0.29, 0.717) is 16.7 Å². The Labute approximate surface area is 287 Å². The third-order valence-corrected chi connectivity index (χ3v) is 9.61. The molecule has 2 aromatic heterocycles. The van der Waals surface area contributed by atoms with Crippen LogP contribution in [-0.4, -0.2) is 9.13 Å². The highest BCUT2D eigenvalue weighted by Crippen LogP contribution is 2.39. The topological polar surface area (TPSA) is 81.2 Å². The van der Waals surface area contributed by atoms with Gasteiger partial charge in [-0.1, -0.05) is 78.9 Å². The SMILES string of the molecule is N#Cc1ccc(-n2c3ccccc3c3cc(C#N)ccc32)c(-c2ccc(-c3cccc(-n4c5ccccc5c5ccccc54)c3)c(C#N)c2)c1. The fourth-order valence-corrected chi connectivity index (χ4v) is 7.40. The number of nitrogens with zero attached hydrogens (tertiary/aromatic N) is 5. The van der Waals surface area contributed by atoms with Crippen LogP contribution in [0.5, 0.6) is 0 Å². The van der Waals surface area contributed by atoms with Crippen LogP contribution in [0.25, 0.3) is 77.2 Å². The molecule has 0 N–H and O–H groups in total. The molecule has 0 unspecified atom stereocenters. The maximum absolute atomic E-state index is 10.5. The molecule has 0 atom stereocenters. The van der Waals surface area contributed by atoms with Gasteiger partial charge in [-0.25, -0.2) is 0 Å². The Bertz CT molecular complexity index is 2920. The van der Waals surface area contributed by atoms with Gasteiger partial charge in [0.1, 0.15) is 0 Å². The van der Waals surface area contributed by atoms with E-state index in [1.165, 1.54) is 10.8 Å². The Hall–Kier alpha value is -7.39. The number of aromatic nitrogens is 2. The van der Waals surface area contributed by atoms with Crippen LogP contribution in [0.1, 0.15) is 16.7 Å². The van der Waals surface area contributed by atoms with Crippen LogP contribution in [0.2, 0.25) is 0 Å². The van der Waals surface area contributed by atoms with E-state index in [9.17, 15) is 15.8 Å². The first-order valence-corrected chi connectivity index (χ1v) is 16.3. The van der Waals surface area contributed by atoms with Gasteiger partial charge in [-0.2, -0.15) is 15.8 Å².